The summed E-state index contributed by atoms with van der Waals surface area (Å²) in [5, 5.41) is 15.5. The van der Waals surface area contributed by atoms with Gasteiger partial charge in [0.1, 0.15) is 11.6 Å². The molecule has 2 rings (SSSR count). The lowest BCUT2D eigenvalue weighted by atomic mass is 10.2. The van der Waals surface area contributed by atoms with Crippen molar-refractivity contribution in [3.05, 3.63) is 64.2 Å². The van der Waals surface area contributed by atoms with Crippen molar-refractivity contribution in [2.75, 3.05) is 17.2 Å². The SMILES string of the molecule is O=C(CNc1cc(F)ccc1F)Nc1cccc([N+](=O)[O-])c1. The Hall–Kier alpha value is -3.03. The maximum Gasteiger partial charge on any atom is 0.271 e. The quantitative estimate of drug-likeness (QED) is 0.657. The normalized spacial score (nSPS) is 10.1. The molecule has 0 saturated heterocycles. The minimum absolute atomic E-state index is 0.144. The first-order valence-electron chi connectivity index (χ1n) is 6.19. The van der Waals surface area contributed by atoms with Crippen molar-refractivity contribution in [1.82, 2.24) is 0 Å². The lowest BCUT2D eigenvalue weighted by Crippen LogP contribution is -2.22. The molecule has 0 aliphatic heterocycles. The molecule has 2 aromatic carbocycles. The van der Waals surface area contributed by atoms with Gasteiger partial charge in [0.2, 0.25) is 5.91 Å². The topological polar surface area (TPSA) is 84.3 Å². The van der Waals surface area contributed by atoms with Crippen LogP contribution >= 0.6 is 0 Å². The Bertz CT molecular complexity index is 722. The molecule has 0 aliphatic rings. The number of rotatable bonds is 5. The zero-order chi connectivity index (χ0) is 16.1. The number of amides is 1. The van der Waals surface area contributed by atoms with E-state index in [4.69, 9.17) is 0 Å². The molecule has 6 nitrogen and oxygen atoms in total. The van der Waals surface area contributed by atoms with Crippen LogP contribution in [0.5, 0.6) is 0 Å². The Morgan fingerprint density at radius 3 is 2.68 bits per heavy atom. The minimum Gasteiger partial charge on any atom is -0.374 e. The van der Waals surface area contributed by atoms with E-state index in [-0.39, 0.29) is 23.6 Å². The van der Waals surface area contributed by atoms with E-state index in [9.17, 15) is 23.7 Å². The van der Waals surface area contributed by atoms with Crippen molar-refractivity contribution in [1.29, 1.82) is 0 Å². The molecule has 8 heteroatoms. The van der Waals surface area contributed by atoms with E-state index in [0.717, 1.165) is 18.2 Å². The highest BCUT2D eigenvalue weighted by Crippen LogP contribution is 2.17. The number of anilines is 2. The standard InChI is InChI=1S/C14H11F2N3O3/c15-9-4-5-12(16)13(6-9)17-8-14(20)18-10-2-1-3-11(7-10)19(21)22/h1-7,17H,8H2,(H,18,20). The highest BCUT2D eigenvalue weighted by molar-refractivity contribution is 5.94. The fraction of sp³-hybridized carbons (Fsp3) is 0.0714. The zero-order valence-corrected chi connectivity index (χ0v) is 11.2. The number of nitro benzene ring substituents is 1. The maximum atomic E-state index is 13.4. The summed E-state index contributed by atoms with van der Waals surface area (Å²) >= 11 is 0. The third-order valence-electron chi connectivity index (χ3n) is 2.71. The van der Waals surface area contributed by atoms with E-state index < -0.39 is 22.5 Å². The van der Waals surface area contributed by atoms with Gasteiger partial charge in [0.25, 0.3) is 5.69 Å². The first kappa shape index (κ1) is 15.4. The first-order valence-corrected chi connectivity index (χ1v) is 6.19. The van der Waals surface area contributed by atoms with Gasteiger partial charge in [-0.2, -0.15) is 0 Å². The molecule has 1 amide bonds. The smallest absolute Gasteiger partial charge is 0.271 e. The molecule has 114 valence electrons. The van der Waals surface area contributed by atoms with Gasteiger partial charge in [-0.05, 0) is 24.3 Å². The summed E-state index contributed by atoms with van der Waals surface area (Å²) in [6.07, 6.45) is 0. The monoisotopic (exact) mass is 307 g/mol. The fourth-order valence-corrected chi connectivity index (χ4v) is 1.71. The molecule has 22 heavy (non-hydrogen) atoms. The second kappa shape index (κ2) is 6.61. The van der Waals surface area contributed by atoms with Gasteiger partial charge >= 0.3 is 0 Å². The van der Waals surface area contributed by atoms with Crippen molar-refractivity contribution in [2.24, 2.45) is 0 Å². The second-order valence-corrected chi connectivity index (χ2v) is 4.33. The first-order chi connectivity index (χ1) is 10.5. The summed E-state index contributed by atoms with van der Waals surface area (Å²) < 4.78 is 26.3. The van der Waals surface area contributed by atoms with Crippen LogP contribution in [0.1, 0.15) is 0 Å². The van der Waals surface area contributed by atoms with Gasteiger partial charge in [0.05, 0.1) is 17.2 Å². The maximum absolute atomic E-state index is 13.4. The molecular weight excluding hydrogens is 296 g/mol. The van der Waals surface area contributed by atoms with Crippen LogP contribution in [0.4, 0.5) is 25.8 Å². The summed E-state index contributed by atoms with van der Waals surface area (Å²) in [7, 11) is 0. The molecule has 0 unspecified atom stereocenters. The van der Waals surface area contributed by atoms with Crippen molar-refractivity contribution < 1.29 is 18.5 Å². The highest BCUT2D eigenvalue weighted by atomic mass is 19.1. The number of non-ortho nitro benzene ring substituents is 1. The third kappa shape index (κ3) is 3.98. The van der Waals surface area contributed by atoms with Crippen LogP contribution in [0, 0.1) is 21.7 Å². The predicted molar refractivity (Wildman–Crippen MR) is 76.6 cm³/mol. The third-order valence-corrected chi connectivity index (χ3v) is 2.71. The van der Waals surface area contributed by atoms with Crippen LogP contribution in [-0.2, 0) is 4.79 Å². The number of nitrogens with zero attached hydrogens (tertiary/aromatic N) is 1. The van der Waals surface area contributed by atoms with E-state index >= 15 is 0 Å². The van der Waals surface area contributed by atoms with Gasteiger partial charge in [-0.15, -0.1) is 0 Å². The van der Waals surface area contributed by atoms with Crippen LogP contribution < -0.4 is 10.6 Å². The summed E-state index contributed by atoms with van der Waals surface area (Å²) in [6.45, 7) is -0.316. The van der Waals surface area contributed by atoms with Crippen molar-refractivity contribution in [3.63, 3.8) is 0 Å². The molecule has 2 aromatic rings. The van der Waals surface area contributed by atoms with Crippen LogP contribution in [-0.4, -0.2) is 17.4 Å². The highest BCUT2D eigenvalue weighted by Gasteiger charge is 2.09. The van der Waals surface area contributed by atoms with Crippen molar-refractivity contribution >= 4 is 23.0 Å². The van der Waals surface area contributed by atoms with E-state index in [1.165, 1.54) is 24.3 Å². The number of halogens is 2. The molecule has 0 heterocycles. The van der Waals surface area contributed by atoms with Gasteiger partial charge < -0.3 is 10.6 Å². The molecular formula is C14H11F2N3O3. The molecule has 0 atom stereocenters. The van der Waals surface area contributed by atoms with Crippen LogP contribution in [0.25, 0.3) is 0 Å². The Kier molecular flexibility index (Phi) is 4.62. The van der Waals surface area contributed by atoms with Gasteiger partial charge in [-0.25, -0.2) is 8.78 Å². The zero-order valence-electron chi connectivity index (χ0n) is 11.2. The van der Waals surface area contributed by atoms with Gasteiger partial charge in [-0.3, -0.25) is 14.9 Å². The van der Waals surface area contributed by atoms with Crippen LogP contribution in [0.3, 0.4) is 0 Å². The average molecular weight is 307 g/mol. The summed E-state index contributed by atoms with van der Waals surface area (Å²) in [6, 6.07) is 8.22. The van der Waals surface area contributed by atoms with Gasteiger partial charge in [0.15, 0.2) is 0 Å². The number of nitro groups is 1. The Balaban J connectivity index is 1.97. The molecule has 0 saturated carbocycles. The fourth-order valence-electron chi connectivity index (χ4n) is 1.71. The summed E-state index contributed by atoms with van der Waals surface area (Å²) in [5.41, 5.74) is -0.0724. The number of benzene rings is 2. The molecule has 0 bridgehead atoms. The summed E-state index contributed by atoms with van der Waals surface area (Å²) in [4.78, 5) is 21.7. The van der Waals surface area contributed by atoms with Crippen LogP contribution in [0.2, 0.25) is 0 Å². The second-order valence-electron chi connectivity index (χ2n) is 4.33. The number of hydrogen-bond donors (Lipinski definition) is 2. The van der Waals surface area contributed by atoms with Gasteiger partial charge in [0, 0.05) is 17.8 Å². The van der Waals surface area contributed by atoms with Crippen molar-refractivity contribution in [3.8, 4) is 0 Å². The molecule has 0 aliphatic carbocycles. The molecule has 0 radical (unpaired) electrons. The minimum atomic E-state index is -0.690. The molecule has 0 aromatic heterocycles. The molecule has 0 fully saturated rings. The largest absolute Gasteiger partial charge is 0.374 e. The van der Waals surface area contributed by atoms with Crippen molar-refractivity contribution in [2.45, 2.75) is 0 Å². The Morgan fingerprint density at radius 2 is 1.95 bits per heavy atom. The number of carbonyl (C=O) groups is 1. The van der Waals surface area contributed by atoms with E-state index in [1.807, 2.05) is 0 Å². The lowest BCUT2D eigenvalue weighted by Gasteiger charge is -2.08. The summed E-state index contributed by atoms with van der Waals surface area (Å²) in [5.74, 6) is -1.88. The van der Waals surface area contributed by atoms with Crippen LogP contribution in [0.15, 0.2) is 42.5 Å². The van der Waals surface area contributed by atoms with E-state index in [1.54, 1.807) is 0 Å². The van der Waals surface area contributed by atoms with Gasteiger partial charge in [-0.1, -0.05) is 6.07 Å². The molecule has 0 spiro atoms. The number of hydrogen-bond acceptors (Lipinski definition) is 4. The average Bonchev–Trinajstić information content (AvgIpc) is 2.48. The number of nitrogens with one attached hydrogen (secondary N) is 2. The lowest BCUT2D eigenvalue weighted by molar-refractivity contribution is -0.384. The predicted octanol–water partition coefficient (Wildman–Crippen LogP) is 2.92. The Morgan fingerprint density at radius 1 is 1.18 bits per heavy atom. The van der Waals surface area contributed by atoms with E-state index in [2.05, 4.69) is 10.6 Å². The van der Waals surface area contributed by atoms with E-state index in [0.29, 0.717) is 0 Å². The Labute approximate surface area is 123 Å². The molecule has 2 N–H and O–H groups in total. The number of carbonyl (C=O) groups excluding carboxylic acids is 1.